The molecule has 25 heavy (non-hydrogen) atoms. The van der Waals surface area contributed by atoms with Gasteiger partial charge in [0, 0.05) is 24.2 Å². The van der Waals surface area contributed by atoms with Gasteiger partial charge in [-0.3, -0.25) is 0 Å². The van der Waals surface area contributed by atoms with Gasteiger partial charge in [-0.2, -0.15) is 5.10 Å². The fraction of sp³-hybridized carbons (Fsp3) is 0.526. The summed E-state index contributed by atoms with van der Waals surface area (Å²) >= 11 is 0. The van der Waals surface area contributed by atoms with Crippen LogP contribution in [0.3, 0.4) is 0 Å². The molecule has 1 saturated heterocycles. The highest BCUT2D eigenvalue weighted by Gasteiger charge is 2.96. The second kappa shape index (κ2) is 4.19. The predicted octanol–water partition coefficient (Wildman–Crippen LogP) is 1.44. The molecule has 4 aliphatic rings. The zero-order valence-corrected chi connectivity index (χ0v) is 14.2. The standard InChI is InChI=1S/C19H22N4O2/c1-10-3-2-4-13-15(10)21-8-7-18(13)17-19(18,25-17)23-16(20)12-6-5-11(24)9-14(12)22-23/h2-4,11,17,21,24H,5-9,20H2,1H3. The maximum atomic E-state index is 9.96. The Morgan fingerprint density at radius 2 is 2.32 bits per heavy atom. The lowest BCUT2D eigenvalue weighted by atomic mass is 9.83. The van der Waals surface area contributed by atoms with Crippen LogP contribution in [0.2, 0.25) is 0 Å². The number of nitrogens with two attached hydrogens (primary N) is 1. The van der Waals surface area contributed by atoms with Crippen LogP contribution in [0.15, 0.2) is 18.2 Å². The molecule has 6 rings (SSSR count). The number of aryl methyl sites for hydroxylation is 1. The van der Waals surface area contributed by atoms with Crippen molar-refractivity contribution in [2.45, 2.75) is 56.0 Å². The minimum absolute atomic E-state index is 0.0129. The number of aromatic nitrogens is 2. The number of hydrogen-bond acceptors (Lipinski definition) is 5. The van der Waals surface area contributed by atoms with Gasteiger partial charge in [0.1, 0.15) is 11.9 Å². The van der Waals surface area contributed by atoms with Gasteiger partial charge in [0.25, 0.3) is 0 Å². The number of hydrogen-bond donors (Lipinski definition) is 3. The summed E-state index contributed by atoms with van der Waals surface area (Å²) in [4.78, 5) is 0. The fourth-order valence-corrected chi connectivity index (χ4v) is 5.37. The van der Waals surface area contributed by atoms with Gasteiger partial charge in [-0.05, 0) is 37.3 Å². The van der Waals surface area contributed by atoms with E-state index in [4.69, 9.17) is 15.6 Å². The van der Waals surface area contributed by atoms with Gasteiger partial charge in [-0.1, -0.05) is 18.2 Å². The predicted molar refractivity (Wildman–Crippen MR) is 93.5 cm³/mol. The number of nitrogens with one attached hydrogen (secondary N) is 1. The highest BCUT2D eigenvalue weighted by atomic mass is 16.7. The van der Waals surface area contributed by atoms with Gasteiger partial charge < -0.3 is 20.9 Å². The Bertz CT molecular complexity index is 922. The van der Waals surface area contributed by atoms with Crippen LogP contribution in [0.5, 0.6) is 0 Å². The summed E-state index contributed by atoms with van der Waals surface area (Å²) in [6.07, 6.45) is 3.04. The lowest BCUT2D eigenvalue weighted by molar-refractivity contribution is 0.0656. The number of rotatable bonds is 1. The van der Waals surface area contributed by atoms with Gasteiger partial charge in [0.15, 0.2) is 0 Å². The van der Waals surface area contributed by atoms with Crippen molar-refractivity contribution in [1.82, 2.24) is 9.78 Å². The van der Waals surface area contributed by atoms with E-state index in [0.717, 1.165) is 42.9 Å². The molecular weight excluding hydrogens is 316 g/mol. The Balaban J connectivity index is 1.48. The van der Waals surface area contributed by atoms with Gasteiger partial charge in [-0.15, -0.1) is 0 Å². The minimum atomic E-state index is -0.413. The Morgan fingerprint density at radius 3 is 3.16 bits per heavy atom. The van der Waals surface area contributed by atoms with E-state index in [1.54, 1.807) is 0 Å². The average Bonchev–Trinajstić information content (AvgIpc) is 3.44. The van der Waals surface area contributed by atoms with Crippen LogP contribution in [-0.2, 0) is 28.7 Å². The Morgan fingerprint density at radius 1 is 1.44 bits per heavy atom. The lowest BCUT2D eigenvalue weighted by Gasteiger charge is -2.34. The third-order valence-electron chi connectivity index (χ3n) is 6.75. The third-order valence-corrected chi connectivity index (χ3v) is 6.75. The summed E-state index contributed by atoms with van der Waals surface area (Å²) in [6.45, 7) is 3.09. The SMILES string of the molecule is Cc1cccc2c1NCCC21C2OC21n1nc2c(c1N)CCC(O)C2. The van der Waals surface area contributed by atoms with Crippen molar-refractivity contribution in [3.05, 3.63) is 40.6 Å². The van der Waals surface area contributed by atoms with Crippen LogP contribution in [0.4, 0.5) is 11.5 Å². The first-order valence-corrected chi connectivity index (χ1v) is 9.16. The molecule has 1 aromatic carbocycles. The van der Waals surface area contributed by atoms with E-state index in [-0.39, 0.29) is 17.6 Å². The molecule has 0 amide bonds. The Kier molecular flexibility index (Phi) is 2.37. The average molecular weight is 338 g/mol. The number of para-hydroxylation sites is 1. The van der Waals surface area contributed by atoms with Crippen LogP contribution in [0.1, 0.15) is 35.2 Å². The molecular formula is C19H22N4O2. The maximum Gasteiger partial charge on any atom is 0.203 e. The number of nitrogen functional groups attached to an aromatic ring is 1. The molecule has 0 bridgehead atoms. The molecule has 4 unspecified atom stereocenters. The van der Waals surface area contributed by atoms with Gasteiger partial charge in [0.05, 0.1) is 17.2 Å². The van der Waals surface area contributed by atoms with Crippen LogP contribution < -0.4 is 11.1 Å². The first kappa shape index (κ1) is 14.2. The molecule has 1 spiro atoms. The summed E-state index contributed by atoms with van der Waals surface area (Å²) in [5.41, 5.74) is 12.0. The molecule has 2 aliphatic heterocycles. The molecule has 6 heteroatoms. The van der Waals surface area contributed by atoms with Crippen molar-refractivity contribution in [3.8, 4) is 0 Å². The first-order chi connectivity index (χ1) is 12.1. The van der Waals surface area contributed by atoms with Crippen molar-refractivity contribution in [2.24, 2.45) is 0 Å². The van der Waals surface area contributed by atoms with E-state index in [1.807, 2.05) is 4.68 Å². The molecule has 0 radical (unpaired) electrons. The monoisotopic (exact) mass is 338 g/mol. The molecule has 1 aromatic heterocycles. The van der Waals surface area contributed by atoms with Gasteiger partial charge in [0.2, 0.25) is 5.72 Å². The van der Waals surface area contributed by atoms with Gasteiger partial charge in [-0.25, -0.2) is 4.68 Å². The zero-order chi connectivity index (χ0) is 17.0. The summed E-state index contributed by atoms with van der Waals surface area (Å²) in [7, 11) is 0. The highest BCUT2D eigenvalue weighted by Crippen LogP contribution is 2.81. The molecule has 4 N–H and O–H groups in total. The summed E-state index contributed by atoms with van der Waals surface area (Å²) in [6, 6.07) is 6.49. The number of ether oxygens (including phenoxy) is 1. The van der Waals surface area contributed by atoms with Crippen molar-refractivity contribution in [1.29, 1.82) is 0 Å². The van der Waals surface area contributed by atoms with Crippen LogP contribution in [-0.4, -0.2) is 33.6 Å². The van der Waals surface area contributed by atoms with E-state index in [9.17, 15) is 5.11 Å². The zero-order valence-electron chi connectivity index (χ0n) is 14.2. The van der Waals surface area contributed by atoms with Crippen molar-refractivity contribution in [2.75, 3.05) is 17.6 Å². The fourth-order valence-electron chi connectivity index (χ4n) is 5.37. The first-order valence-electron chi connectivity index (χ1n) is 9.16. The number of aliphatic hydroxyl groups is 1. The number of fused-ring (bicyclic) bond motifs is 6. The summed E-state index contributed by atoms with van der Waals surface area (Å²) in [5, 5.41) is 18.3. The summed E-state index contributed by atoms with van der Waals surface area (Å²) in [5.74, 6) is 0.731. The van der Waals surface area contributed by atoms with Crippen LogP contribution in [0, 0.1) is 6.92 Å². The molecule has 130 valence electrons. The number of benzene rings is 1. The molecule has 4 atom stereocenters. The van der Waals surface area contributed by atoms with Crippen molar-refractivity contribution < 1.29 is 9.84 Å². The van der Waals surface area contributed by atoms with Crippen LogP contribution in [0.25, 0.3) is 0 Å². The molecule has 3 heterocycles. The second-order valence-electron chi connectivity index (χ2n) is 7.96. The number of aliphatic hydroxyl groups excluding tert-OH is 1. The molecule has 2 fully saturated rings. The second-order valence-corrected chi connectivity index (χ2v) is 7.96. The smallest absolute Gasteiger partial charge is 0.203 e. The minimum Gasteiger partial charge on any atom is -0.393 e. The third kappa shape index (κ3) is 1.44. The number of anilines is 2. The number of nitrogens with zero attached hydrogens (tertiary/aromatic N) is 2. The maximum absolute atomic E-state index is 9.96. The topological polar surface area (TPSA) is 88.6 Å². The highest BCUT2D eigenvalue weighted by molar-refractivity contribution is 5.69. The van der Waals surface area contributed by atoms with E-state index in [1.165, 1.54) is 16.8 Å². The van der Waals surface area contributed by atoms with E-state index in [0.29, 0.717) is 6.42 Å². The molecule has 2 aliphatic carbocycles. The Hall–Kier alpha value is -2.05. The number of epoxide rings is 1. The summed E-state index contributed by atoms with van der Waals surface area (Å²) < 4.78 is 8.03. The van der Waals surface area contributed by atoms with Crippen molar-refractivity contribution in [3.63, 3.8) is 0 Å². The quantitative estimate of drug-likeness (QED) is 0.685. The normalized spacial score (nSPS) is 37.0. The van der Waals surface area contributed by atoms with E-state index >= 15 is 0 Å². The lowest BCUT2D eigenvalue weighted by Crippen LogP contribution is -2.37. The van der Waals surface area contributed by atoms with Crippen molar-refractivity contribution >= 4 is 11.5 Å². The van der Waals surface area contributed by atoms with Crippen LogP contribution >= 0.6 is 0 Å². The largest absolute Gasteiger partial charge is 0.393 e. The molecule has 6 nitrogen and oxygen atoms in total. The van der Waals surface area contributed by atoms with Gasteiger partial charge >= 0.3 is 0 Å². The Labute approximate surface area is 146 Å². The van der Waals surface area contributed by atoms with E-state index < -0.39 is 5.72 Å². The van der Waals surface area contributed by atoms with E-state index in [2.05, 4.69) is 30.4 Å². The molecule has 1 saturated carbocycles. The molecule has 2 aromatic rings.